The molecule has 2 amide bonds. The van der Waals surface area contributed by atoms with Gasteiger partial charge in [-0.1, -0.05) is 28.4 Å². The number of hydrogen-bond donors (Lipinski definition) is 0. The Bertz CT molecular complexity index is 1020. The van der Waals surface area contributed by atoms with Gasteiger partial charge in [0.25, 0.3) is 5.91 Å². The number of amides is 2. The average Bonchev–Trinajstić information content (AvgIpc) is 3.16. The molecule has 0 spiro atoms. The zero-order valence-electron chi connectivity index (χ0n) is 13.6. The molecule has 28 heavy (non-hydrogen) atoms. The van der Waals surface area contributed by atoms with Crippen LogP contribution in [-0.2, 0) is 20.6 Å². The number of halogens is 5. The summed E-state index contributed by atoms with van der Waals surface area (Å²) in [5.41, 5.74) is -1.02. The molecule has 0 saturated carbocycles. The molecule has 144 valence electrons. The van der Waals surface area contributed by atoms with Crippen molar-refractivity contribution in [3.63, 3.8) is 0 Å². The van der Waals surface area contributed by atoms with E-state index >= 15 is 0 Å². The molecule has 1 saturated heterocycles. The van der Waals surface area contributed by atoms with Crippen LogP contribution in [0.1, 0.15) is 11.3 Å². The van der Waals surface area contributed by atoms with Crippen molar-refractivity contribution >= 4 is 46.4 Å². The first kappa shape index (κ1) is 18.7. The first-order valence-electron chi connectivity index (χ1n) is 7.78. The van der Waals surface area contributed by atoms with Gasteiger partial charge in [-0.05, 0) is 30.3 Å². The molecule has 3 heterocycles. The van der Waals surface area contributed by atoms with E-state index < -0.39 is 35.6 Å². The molecule has 1 aromatic heterocycles. The average molecular weight is 430 g/mol. The van der Waals surface area contributed by atoms with Gasteiger partial charge in [0.05, 0.1) is 16.3 Å². The standard InChI is InChI=1S/C17H8Cl2F3N3O3/c18-8-1-3-9(4-2-8)25-15(26)11-13(24-28-14(11)16(25)27)12-10(19)5-7(6-23-12)17(20,21)22/h1-6,11,14H/t11-,14-/m1/s1. The molecule has 2 aliphatic rings. The highest BCUT2D eigenvalue weighted by Crippen LogP contribution is 2.37. The number of benzene rings is 1. The number of nitrogens with zero attached hydrogens (tertiary/aromatic N) is 3. The van der Waals surface area contributed by atoms with Gasteiger partial charge in [0.1, 0.15) is 17.3 Å². The highest BCUT2D eigenvalue weighted by Gasteiger charge is 2.56. The molecule has 2 aromatic rings. The monoisotopic (exact) mass is 429 g/mol. The molecule has 0 bridgehead atoms. The molecule has 2 aliphatic heterocycles. The lowest BCUT2D eigenvalue weighted by Gasteiger charge is -2.15. The van der Waals surface area contributed by atoms with Crippen LogP contribution in [0.15, 0.2) is 41.7 Å². The lowest BCUT2D eigenvalue weighted by Crippen LogP contribution is -2.33. The fourth-order valence-corrected chi connectivity index (χ4v) is 3.39. The lowest BCUT2D eigenvalue weighted by molar-refractivity contribution is -0.137. The molecule has 4 rings (SSSR count). The maximum atomic E-state index is 12.9. The number of fused-ring (bicyclic) bond motifs is 1. The minimum atomic E-state index is -4.63. The molecule has 0 radical (unpaired) electrons. The number of carbonyl (C=O) groups excluding carboxylic acids is 2. The Morgan fingerprint density at radius 3 is 2.36 bits per heavy atom. The van der Waals surface area contributed by atoms with Crippen LogP contribution in [0.5, 0.6) is 0 Å². The van der Waals surface area contributed by atoms with E-state index in [2.05, 4.69) is 10.1 Å². The summed E-state index contributed by atoms with van der Waals surface area (Å²) in [4.78, 5) is 35.2. The number of hydrogen-bond acceptors (Lipinski definition) is 5. The van der Waals surface area contributed by atoms with Crippen LogP contribution >= 0.6 is 23.2 Å². The van der Waals surface area contributed by atoms with Crippen LogP contribution in [0.2, 0.25) is 10.0 Å². The Kier molecular flexibility index (Phi) is 4.31. The van der Waals surface area contributed by atoms with Gasteiger partial charge in [0.15, 0.2) is 0 Å². The van der Waals surface area contributed by atoms with Crippen LogP contribution in [0.4, 0.5) is 18.9 Å². The van der Waals surface area contributed by atoms with Crippen molar-refractivity contribution in [3.8, 4) is 0 Å². The molecule has 11 heteroatoms. The maximum Gasteiger partial charge on any atom is 0.417 e. The predicted octanol–water partition coefficient (Wildman–Crippen LogP) is 3.70. The number of aromatic nitrogens is 1. The smallest absolute Gasteiger partial charge is 0.381 e. The van der Waals surface area contributed by atoms with E-state index in [0.29, 0.717) is 17.3 Å². The molecule has 0 unspecified atom stereocenters. The normalized spacial score (nSPS) is 21.6. The second kappa shape index (κ2) is 6.46. The van der Waals surface area contributed by atoms with Crippen molar-refractivity contribution in [2.24, 2.45) is 11.1 Å². The summed E-state index contributed by atoms with van der Waals surface area (Å²) in [6, 6.07) is 6.67. The van der Waals surface area contributed by atoms with E-state index in [1.165, 1.54) is 24.3 Å². The number of alkyl halides is 3. The fourth-order valence-electron chi connectivity index (χ4n) is 3.00. The number of pyridine rings is 1. The van der Waals surface area contributed by atoms with E-state index in [9.17, 15) is 22.8 Å². The third kappa shape index (κ3) is 2.91. The lowest BCUT2D eigenvalue weighted by atomic mass is 9.96. The van der Waals surface area contributed by atoms with Gasteiger partial charge in [0.2, 0.25) is 12.0 Å². The Morgan fingerprint density at radius 2 is 1.75 bits per heavy atom. The van der Waals surface area contributed by atoms with E-state index in [1.54, 1.807) is 0 Å². The summed E-state index contributed by atoms with van der Waals surface area (Å²) in [6.45, 7) is 0. The SMILES string of the molecule is O=C1[C@@H]2C(c3ncc(C(F)(F)F)cc3Cl)=NO[C@H]2C(=O)N1c1ccc(Cl)cc1. The summed E-state index contributed by atoms with van der Waals surface area (Å²) in [7, 11) is 0. The molecule has 1 fully saturated rings. The third-order valence-corrected chi connectivity index (χ3v) is 4.85. The van der Waals surface area contributed by atoms with Gasteiger partial charge in [-0.25, -0.2) is 4.90 Å². The van der Waals surface area contributed by atoms with Crippen molar-refractivity contribution in [3.05, 3.63) is 57.8 Å². The second-order valence-electron chi connectivity index (χ2n) is 6.02. The van der Waals surface area contributed by atoms with Crippen molar-refractivity contribution in [2.45, 2.75) is 12.3 Å². The predicted molar refractivity (Wildman–Crippen MR) is 93.1 cm³/mol. The molecule has 0 aliphatic carbocycles. The van der Waals surface area contributed by atoms with Crippen molar-refractivity contribution < 1.29 is 27.6 Å². The van der Waals surface area contributed by atoms with E-state index in [1.807, 2.05) is 0 Å². The quantitative estimate of drug-likeness (QED) is 0.682. The molecular formula is C17H8Cl2F3N3O3. The number of anilines is 1. The molecule has 1 aromatic carbocycles. The summed E-state index contributed by atoms with van der Waals surface area (Å²) < 4.78 is 38.4. The molecule has 0 N–H and O–H groups in total. The van der Waals surface area contributed by atoms with Gasteiger partial charge in [-0.3, -0.25) is 14.6 Å². The zero-order chi connectivity index (χ0) is 20.2. The first-order chi connectivity index (χ1) is 13.2. The van der Waals surface area contributed by atoms with Gasteiger partial charge in [-0.15, -0.1) is 0 Å². The van der Waals surface area contributed by atoms with Crippen LogP contribution in [0.25, 0.3) is 0 Å². The van der Waals surface area contributed by atoms with E-state index in [4.69, 9.17) is 28.0 Å². The van der Waals surface area contributed by atoms with Gasteiger partial charge in [0, 0.05) is 11.2 Å². The van der Waals surface area contributed by atoms with Gasteiger partial charge in [-0.2, -0.15) is 13.2 Å². The minimum absolute atomic E-state index is 0.0986. The van der Waals surface area contributed by atoms with Crippen LogP contribution in [0, 0.1) is 5.92 Å². The Hall–Kier alpha value is -2.65. The summed E-state index contributed by atoms with van der Waals surface area (Å²) in [5, 5.41) is 3.75. The summed E-state index contributed by atoms with van der Waals surface area (Å²) in [6.07, 6.45) is -5.29. The second-order valence-corrected chi connectivity index (χ2v) is 6.86. The summed E-state index contributed by atoms with van der Waals surface area (Å²) in [5.74, 6) is -2.46. The van der Waals surface area contributed by atoms with E-state index in [-0.39, 0.29) is 22.1 Å². The van der Waals surface area contributed by atoms with Crippen LogP contribution in [-0.4, -0.2) is 28.6 Å². The fraction of sp³-hybridized carbons (Fsp3) is 0.176. The van der Waals surface area contributed by atoms with Gasteiger partial charge < -0.3 is 4.84 Å². The largest absolute Gasteiger partial charge is 0.417 e. The van der Waals surface area contributed by atoms with Gasteiger partial charge >= 0.3 is 6.18 Å². The molecule has 2 atom stereocenters. The number of carbonyl (C=O) groups is 2. The van der Waals surface area contributed by atoms with E-state index in [0.717, 1.165) is 4.90 Å². The molecular weight excluding hydrogens is 422 g/mol. The topological polar surface area (TPSA) is 71.9 Å². The number of imide groups is 1. The Labute approximate surface area is 165 Å². The zero-order valence-corrected chi connectivity index (χ0v) is 15.1. The van der Waals surface area contributed by atoms with Crippen molar-refractivity contribution in [1.82, 2.24) is 4.98 Å². The maximum absolute atomic E-state index is 12.9. The number of oxime groups is 1. The molecule has 6 nitrogen and oxygen atoms in total. The number of rotatable bonds is 2. The van der Waals surface area contributed by atoms with Crippen LogP contribution in [0.3, 0.4) is 0 Å². The Balaban J connectivity index is 1.69. The van der Waals surface area contributed by atoms with Crippen molar-refractivity contribution in [1.29, 1.82) is 0 Å². The Morgan fingerprint density at radius 1 is 1.07 bits per heavy atom. The highest BCUT2D eigenvalue weighted by molar-refractivity contribution is 6.37. The minimum Gasteiger partial charge on any atom is -0.381 e. The van der Waals surface area contributed by atoms with Crippen LogP contribution < -0.4 is 4.90 Å². The highest BCUT2D eigenvalue weighted by atomic mass is 35.5. The van der Waals surface area contributed by atoms with Crippen molar-refractivity contribution in [2.75, 3.05) is 4.90 Å². The summed E-state index contributed by atoms with van der Waals surface area (Å²) >= 11 is 11.8. The first-order valence-corrected chi connectivity index (χ1v) is 8.54. The third-order valence-electron chi connectivity index (χ3n) is 4.31.